The molecule has 2 heterocycles. The molecule has 3 heteroatoms. The average molecular weight is 338 g/mol. The van der Waals surface area contributed by atoms with E-state index in [1.807, 2.05) is 11.3 Å². The number of morpholine rings is 1. The molecule has 0 spiro atoms. The molecule has 132 valence electrons. The summed E-state index contributed by atoms with van der Waals surface area (Å²) < 4.78 is 5.45. The third kappa shape index (κ3) is 5.58. The second kappa shape index (κ2) is 8.64. The van der Waals surface area contributed by atoms with Gasteiger partial charge in [0, 0.05) is 22.8 Å². The minimum absolute atomic E-state index is 0.424. The molecule has 1 aromatic heterocycles. The second-order valence-electron chi connectivity index (χ2n) is 7.80. The molecular weight excluding hydrogens is 302 g/mol. The molecule has 0 aromatic carbocycles. The molecule has 1 saturated heterocycles. The van der Waals surface area contributed by atoms with Gasteiger partial charge in [-0.2, -0.15) is 0 Å². The molecule has 23 heavy (non-hydrogen) atoms. The van der Waals surface area contributed by atoms with Crippen molar-refractivity contribution < 1.29 is 4.74 Å². The highest BCUT2D eigenvalue weighted by molar-refractivity contribution is 7.12. The summed E-state index contributed by atoms with van der Waals surface area (Å²) in [6.07, 6.45) is 6.35. The minimum atomic E-state index is 0.424. The maximum absolute atomic E-state index is 5.45. The number of hydrogen-bond donors (Lipinski definition) is 0. The average Bonchev–Trinajstić information content (AvgIpc) is 2.81. The lowest BCUT2D eigenvalue weighted by atomic mass is 9.83. The SMILES string of the molecule is CCCc1c(CCC(C)(C)CCN2CCOCC2)sc(C)c1C. The Hall–Kier alpha value is -0.380. The van der Waals surface area contributed by atoms with Crippen molar-refractivity contribution in [3.63, 3.8) is 0 Å². The van der Waals surface area contributed by atoms with Crippen molar-refractivity contribution in [1.29, 1.82) is 0 Å². The summed E-state index contributed by atoms with van der Waals surface area (Å²) in [6.45, 7) is 17.0. The molecule has 0 unspecified atom stereocenters. The van der Waals surface area contributed by atoms with Crippen LogP contribution in [0.5, 0.6) is 0 Å². The summed E-state index contributed by atoms with van der Waals surface area (Å²) in [7, 11) is 0. The Labute approximate surface area is 147 Å². The van der Waals surface area contributed by atoms with Gasteiger partial charge >= 0.3 is 0 Å². The molecule has 0 bridgehead atoms. The van der Waals surface area contributed by atoms with Gasteiger partial charge in [-0.1, -0.05) is 27.2 Å². The number of thiophene rings is 1. The smallest absolute Gasteiger partial charge is 0.0594 e. The summed E-state index contributed by atoms with van der Waals surface area (Å²) in [5.74, 6) is 0. The van der Waals surface area contributed by atoms with E-state index >= 15 is 0 Å². The first-order valence-corrected chi connectivity index (χ1v) is 10.1. The molecular formula is C20H35NOS. The topological polar surface area (TPSA) is 12.5 Å². The molecule has 0 saturated carbocycles. The van der Waals surface area contributed by atoms with Gasteiger partial charge in [-0.3, -0.25) is 4.90 Å². The van der Waals surface area contributed by atoms with E-state index in [2.05, 4.69) is 39.5 Å². The van der Waals surface area contributed by atoms with Gasteiger partial charge in [-0.25, -0.2) is 0 Å². The van der Waals surface area contributed by atoms with Crippen LogP contribution in [0.25, 0.3) is 0 Å². The molecule has 2 nitrogen and oxygen atoms in total. The molecule has 0 amide bonds. The van der Waals surface area contributed by atoms with Crippen LogP contribution in [0.3, 0.4) is 0 Å². The van der Waals surface area contributed by atoms with Crippen LogP contribution in [0.4, 0.5) is 0 Å². The summed E-state index contributed by atoms with van der Waals surface area (Å²) >= 11 is 2.04. The maximum Gasteiger partial charge on any atom is 0.0594 e. The van der Waals surface area contributed by atoms with Crippen LogP contribution in [-0.2, 0) is 17.6 Å². The number of hydrogen-bond acceptors (Lipinski definition) is 3. The van der Waals surface area contributed by atoms with Crippen molar-refractivity contribution in [3.05, 3.63) is 20.9 Å². The van der Waals surface area contributed by atoms with Crippen molar-refractivity contribution in [2.75, 3.05) is 32.8 Å². The van der Waals surface area contributed by atoms with Crippen LogP contribution in [0.1, 0.15) is 60.9 Å². The third-order valence-electron chi connectivity index (χ3n) is 5.33. The van der Waals surface area contributed by atoms with Gasteiger partial charge in [0.05, 0.1) is 13.2 Å². The summed E-state index contributed by atoms with van der Waals surface area (Å²) in [5.41, 5.74) is 3.63. The van der Waals surface area contributed by atoms with Crippen molar-refractivity contribution >= 4 is 11.3 Å². The van der Waals surface area contributed by atoms with E-state index in [-0.39, 0.29) is 0 Å². The third-order valence-corrected chi connectivity index (χ3v) is 6.64. The second-order valence-corrected chi connectivity index (χ2v) is 9.11. The van der Waals surface area contributed by atoms with Crippen molar-refractivity contribution in [3.8, 4) is 0 Å². The Kier molecular flexibility index (Phi) is 7.12. The lowest BCUT2D eigenvalue weighted by molar-refractivity contribution is 0.0323. The quantitative estimate of drug-likeness (QED) is 0.662. The first kappa shape index (κ1) is 19.0. The lowest BCUT2D eigenvalue weighted by Crippen LogP contribution is -2.38. The Balaban J connectivity index is 1.87. The summed E-state index contributed by atoms with van der Waals surface area (Å²) in [6, 6.07) is 0. The first-order valence-electron chi connectivity index (χ1n) is 9.31. The molecule has 2 rings (SSSR count). The Morgan fingerprint density at radius 1 is 1.09 bits per heavy atom. The predicted molar refractivity (Wildman–Crippen MR) is 102 cm³/mol. The Bertz CT molecular complexity index is 486. The van der Waals surface area contributed by atoms with E-state index in [0.29, 0.717) is 5.41 Å². The monoisotopic (exact) mass is 337 g/mol. The van der Waals surface area contributed by atoms with E-state index in [4.69, 9.17) is 4.74 Å². The van der Waals surface area contributed by atoms with Gasteiger partial charge in [0.2, 0.25) is 0 Å². The van der Waals surface area contributed by atoms with Gasteiger partial charge in [0.1, 0.15) is 0 Å². The van der Waals surface area contributed by atoms with E-state index in [9.17, 15) is 0 Å². The summed E-state index contributed by atoms with van der Waals surface area (Å²) in [5, 5.41) is 0. The Morgan fingerprint density at radius 2 is 1.78 bits per heavy atom. The zero-order valence-electron chi connectivity index (χ0n) is 15.8. The van der Waals surface area contributed by atoms with Crippen LogP contribution in [0.2, 0.25) is 0 Å². The largest absolute Gasteiger partial charge is 0.379 e. The molecule has 0 radical (unpaired) electrons. The van der Waals surface area contributed by atoms with Crippen LogP contribution in [0, 0.1) is 19.3 Å². The zero-order chi connectivity index (χ0) is 16.9. The molecule has 0 atom stereocenters. The highest BCUT2D eigenvalue weighted by Crippen LogP contribution is 2.34. The minimum Gasteiger partial charge on any atom is -0.379 e. The van der Waals surface area contributed by atoms with Gasteiger partial charge in [-0.05, 0) is 62.6 Å². The van der Waals surface area contributed by atoms with Crippen molar-refractivity contribution in [2.45, 2.75) is 66.7 Å². The number of aryl methyl sites for hydroxylation is 2. The molecule has 1 aliphatic heterocycles. The fourth-order valence-electron chi connectivity index (χ4n) is 3.39. The van der Waals surface area contributed by atoms with Gasteiger partial charge in [0.15, 0.2) is 0 Å². The fraction of sp³-hybridized carbons (Fsp3) is 0.800. The number of ether oxygens (including phenoxy) is 1. The van der Waals surface area contributed by atoms with E-state index in [1.54, 1.807) is 16.0 Å². The summed E-state index contributed by atoms with van der Waals surface area (Å²) in [4.78, 5) is 5.74. The maximum atomic E-state index is 5.45. The van der Waals surface area contributed by atoms with E-state index in [1.165, 1.54) is 43.5 Å². The zero-order valence-corrected chi connectivity index (χ0v) is 16.7. The van der Waals surface area contributed by atoms with E-state index in [0.717, 1.165) is 26.3 Å². The van der Waals surface area contributed by atoms with E-state index < -0.39 is 0 Å². The number of nitrogens with zero attached hydrogens (tertiary/aromatic N) is 1. The van der Waals surface area contributed by atoms with Crippen LogP contribution in [-0.4, -0.2) is 37.7 Å². The highest BCUT2D eigenvalue weighted by atomic mass is 32.1. The molecule has 1 fully saturated rings. The molecule has 1 aromatic rings. The van der Waals surface area contributed by atoms with Gasteiger partial charge in [0.25, 0.3) is 0 Å². The van der Waals surface area contributed by atoms with Crippen LogP contribution in [0.15, 0.2) is 0 Å². The fourth-order valence-corrected chi connectivity index (χ4v) is 4.61. The van der Waals surface area contributed by atoms with Crippen molar-refractivity contribution in [2.24, 2.45) is 5.41 Å². The predicted octanol–water partition coefficient (Wildman–Crippen LogP) is 5.00. The lowest BCUT2D eigenvalue weighted by Gasteiger charge is -2.31. The first-order chi connectivity index (χ1) is 10.9. The highest BCUT2D eigenvalue weighted by Gasteiger charge is 2.22. The molecule has 0 N–H and O–H groups in total. The normalized spacial score (nSPS) is 16.9. The van der Waals surface area contributed by atoms with Crippen molar-refractivity contribution in [1.82, 2.24) is 4.90 Å². The molecule has 1 aliphatic rings. The van der Waals surface area contributed by atoms with Gasteiger partial charge in [-0.15, -0.1) is 11.3 Å². The van der Waals surface area contributed by atoms with Crippen LogP contribution < -0.4 is 0 Å². The standard InChI is InChI=1S/C20H35NOS/c1-6-7-18-16(2)17(3)23-19(18)8-9-20(4,5)10-11-21-12-14-22-15-13-21/h6-15H2,1-5H3. The van der Waals surface area contributed by atoms with Crippen LogP contribution >= 0.6 is 11.3 Å². The number of rotatable bonds is 8. The Morgan fingerprint density at radius 3 is 2.43 bits per heavy atom. The molecule has 0 aliphatic carbocycles. The van der Waals surface area contributed by atoms with Gasteiger partial charge < -0.3 is 4.74 Å².